The summed E-state index contributed by atoms with van der Waals surface area (Å²) in [7, 11) is -3.72. The normalized spacial score (nSPS) is 12.2. The van der Waals surface area contributed by atoms with Gasteiger partial charge in [0.25, 0.3) is 0 Å². The van der Waals surface area contributed by atoms with E-state index in [4.69, 9.17) is 4.98 Å². The molecule has 0 N–H and O–H groups in total. The zero-order valence-electron chi connectivity index (χ0n) is 13.9. The second-order valence-electron chi connectivity index (χ2n) is 6.20. The molecule has 0 fully saturated rings. The molecule has 0 aliphatic carbocycles. The Morgan fingerprint density at radius 1 is 0.852 bits per heavy atom. The first-order valence-corrected chi connectivity index (χ1v) is 11.4. The Kier molecular flexibility index (Phi) is 3.82. The molecule has 5 aromatic rings. The van der Waals surface area contributed by atoms with Gasteiger partial charge in [0.1, 0.15) is 4.83 Å². The molecule has 6 heteroatoms. The number of hydrogen-bond donors (Lipinski definition) is 0. The SMILES string of the molecule is O=S(=O)(c1ccccc1)c1c2cc(Br)ccc2nc2sc3ccccc3c12. The zero-order valence-corrected chi connectivity index (χ0v) is 17.1. The maximum atomic E-state index is 13.7. The van der Waals surface area contributed by atoms with Gasteiger partial charge in [0.15, 0.2) is 0 Å². The number of hydrogen-bond acceptors (Lipinski definition) is 4. The van der Waals surface area contributed by atoms with Crippen molar-refractivity contribution < 1.29 is 8.42 Å². The fraction of sp³-hybridized carbons (Fsp3) is 0. The van der Waals surface area contributed by atoms with Crippen molar-refractivity contribution in [3.63, 3.8) is 0 Å². The minimum Gasteiger partial charge on any atom is -0.237 e. The van der Waals surface area contributed by atoms with Crippen LogP contribution in [0.1, 0.15) is 0 Å². The molecule has 0 saturated heterocycles. The van der Waals surface area contributed by atoms with Gasteiger partial charge in [-0.25, -0.2) is 13.4 Å². The Morgan fingerprint density at radius 3 is 2.41 bits per heavy atom. The zero-order chi connectivity index (χ0) is 18.6. The van der Waals surface area contributed by atoms with E-state index in [1.54, 1.807) is 24.3 Å². The largest absolute Gasteiger partial charge is 0.237 e. The van der Waals surface area contributed by atoms with Crippen LogP contribution in [-0.2, 0) is 9.84 Å². The highest BCUT2D eigenvalue weighted by Crippen LogP contribution is 2.42. The Hall–Kier alpha value is -2.28. The number of sulfone groups is 1. The van der Waals surface area contributed by atoms with Gasteiger partial charge < -0.3 is 0 Å². The van der Waals surface area contributed by atoms with Crippen LogP contribution in [0, 0.1) is 0 Å². The smallest absolute Gasteiger partial charge is 0.207 e. The summed E-state index contributed by atoms with van der Waals surface area (Å²) >= 11 is 4.99. The second kappa shape index (κ2) is 6.12. The van der Waals surface area contributed by atoms with E-state index < -0.39 is 9.84 Å². The van der Waals surface area contributed by atoms with E-state index in [-0.39, 0.29) is 4.90 Å². The van der Waals surface area contributed by atoms with Crippen LogP contribution >= 0.6 is 27.3 Å². The Bertz CT molecular complexity index is 1440. The average Bonchev–Trinajstić information content (AvgIpc) is 3.04. The number of benzene rings is 3. The van der Waals surface area contributed by atoms with Crippen molar-refractivity contribution in [3.05, 3.63) is 77.3 Å². The van der Waals surface area contributed by atoms with Gasteiger partial charge in [-0.3, -0.25) is 0 Å². The van der Waals surface area contributed by atoms with Gasteiger partial charge in [-0.05, 0) is 36.4 Å². The third kappa shape index (κ3) is 2.59. The maximum Gasteiger partial charge on any atom is 0.207 e. The van der Waals surface area contributed by atoms with Gasteiger partial charge in [-0.1, -0.05) is 52.3 Å². The van der Waals surface area contributed by atoms with E-state index in [1.807, 2.05) is 48.5 Å². The molecule has 0 spiro atoms. The lowest BCUT2D eigenvalue weighted by molar-refractivity contribution is 0.598. The van der Waals surface area contributed by atoms with E-state index in [0.717, 1.165) is 19.4 Å². The molecule has 0 aliphatic heterocycles. The van der Waals surface area contributed by atoms with Crippen molar-refractivity contribution >= 4 is 68.3 Å². The van der Waals surface area contributed by atoms with E-state index in [1.165, 1.54) is 11.3 Å². The van der Waals surface area contributed by atoms with Crippen LogP contribution in [0.2, 0.25) is 0 Å². The number of fused-ring (bicyclic) bond motifs is 4. The van der Waals surface area contributed by atoms with Crippen molar-refractivity contribution in [2.24, 2.45) is 0 Å². The topological polar surface area (TPSA) is 47.0 Å². The minimum absolute atomic E-state index is 0.286. The van der Waals surface area contributed by atoms with Gasteiger partial charge in [0, 0.05) is 25.3 Å². The van der Waals surface area contributed by atoms with Crippen molar-refractivity contribution in [2.45, 2.75) is 9.79 Å². The van der Waals surface area contributed by atoms with Crippen LogP contribution in [0.5, 0.6) is 0 Å². The molecule has 2 heterocycles. The van der Waals surface area contributed by atoms with Crippen LogP contribution < -0.4 is 0 Å². The highest BCUT2D eigenvalue weighted by atomic mass is 79.9. The van der Waals surface area contributed by atoms with Crippen LogP contribution in [-0.4, -0.2) is 13.4 Å². The summed E-state index contributed by atoms with van der Waals surface area (Å²) in [5, 5.41) is 2.25. The summed E-state index contributed by atoms with van der Waals surface area (Å²) < 4.78 is 29.2. The first-order chi connectivity index (χ1) is 13.1. The molecule has 0 aliphatic rings. The van der Waals surface area contributed by atoms with Crippen molar-refractivity contribution in [3.8, 4) is 0 Å². The Morgan fingerprint density at radius 2 is 1.59 bits per heavy atom. The predicted octanol–water partition coefficient (Wildman–Crippen LogP) is 6.20. The molecule has 5 rings (SSSR count). The number of aromatic nitrogens is 1. The fourth-order valence-corrected chi connectivity index (χ4v) is 6.56. The lowest BCUT2D eigenvalue weighted by Gasteiger charge is -2.11. The summed E-state index contributed by atoms with van der Waals surface area (Å²) in [6, 6.07) is 22.0. The third-order valence-electron chi connectivity index (χ3n) is 4.55. The molecule has 3 nitrogen and oxygen atoms in total. The molecule has 0 saturated carbocycles. The van der Waals surface area contributed by atoms with Gasteiger partial charge >= 0.3 is 0 Å². The van der Waals surface area contributed by atoms with E-state index in [2.05, 4.69) is 15.9 Å². The molecule has 0 bridgehead atoms. The number of thiophene rings is 1. The standard InChI is InChI=1S/C21H12BrNO2S2/c22-13-10-11-17-16(12-13)20(27(24,25)14-6-2-1-3-7-14)19-15-8-4-5-9-18(15)26-21(19)23-17/h1-12H. The quantitative estimate of drug-likeness (QED) is 0.319. The minimum atomic E-state index is -3.72. The summed E-state index contributed by atoms with van der Waals surface area (Å²) in [6.45, 7) is 0. The molecule has 0 unspecified atom stereocenters. The number of nitrogens with zero attached hydrogens (tertiary/aromatic N) is 1. The highest BCUT2D eigenvalue weighted by Gasteiger charge is 2.26. The fourth-order valence-electron chi connectivity index (χ4n) is 3.36. The van der Waals surface area contributed by atoms with Gasteiger partial charge in [-0.15, -0.1) is 11.3 Å². The Balaban J connectivity index is 2.05. The summed E-state index contributed by atoms with van der Waals surface area (Å²) in [5.74, 6) is 0. The van der Waals surface area contributed by atoms with Crippen LogP contribution in [0.4, 0.5) is 0 Å². The molecule has 3 aromatic carbocycles. The molecular formula is C21H12BrNO2S2. The molecule has 0 amide bonds. The monoisotopic (exact) mass is 453 g/mol. The maximum absolute atomic E-state index is 13.7. The highest BCUT2D eigenvalue weighted by molar-refractivity contribution is 9.10. The molecule has 27 heavy (non-hydrogen) atoms. The number of pyridine rings is 1. The third-order valence-corrected chi connectivity index (χ3v) is 7.96. The van der Waals surface area contributed by atoms with Crippen LogP contribution in [0.15, 0.2) is 87.1 Å². The molecule has 0 radical (unpaired) electrons. The molecule has 132 valence electrons. The summed E-state index contributed by atoms with van der Waals surface area (Å²) in [6.07, 6.45) is 0. The number of halogens is 1. The predicted molar refractivity (Wildman–Crippen MR) is 114 cm³/mol. The van der Waals surface area contributed by atoms with Crippen molar-refractivity contribution in [2.75, 3.05) is 0 Å². The van der Waals surface area contributed by atoms with E-state index >= 15 is 0 Å². The number of rotatable bonds is 2. The lowest BCUT2D eigenvalue weighted by atomic mass is 10.1. The molecular weight excluding hydrogens is 442 g/mol. The molecule has 0 atom stereocenters. The van der Waals surface area contributed by atoms with Gasteiger partial charge in [-0.2, -0.15) is 0 Å². The second-order valence-corrected chi connectivity index (χ2v) is 10.0. The van der Waals surface area contributed by atoms with Crippen molar-refractivity contribution in [1.82, 2.24) is 4.98 Å². The lowest BCUT2D eigenvalue weighted by Crippen LogP contribution is -2.04. The van der Waals surface area contributed by atoms with Crippen LogP contribution in [0.3, 0.4) is 0 Å². The summed E-state index contributed by atoms with van der Waals surface area (Å²) in [5.41, 5.74) is 0.673. The average molecular weight is 454 g/mol. The first-order valence-electron chi connectivity index (χ1n) is 8.26. The van der Waals surface area contributed by atoms with Gasteiger partial charge in [0.2, 0.25) is 9.84 Å². The molecule has 2 aromatic heterocycles. The van der Waals surface area contributed by atoms with Gasteiger partial charge in [0.05, 0.1) is 15.3 Å². The first kappa shape index (κ1) is 16.9. The summed E-state index contributed by atoms with van der Waals surface area (Å²) in [4.78, 5) is 6.11. The van der Waals surface area contributed by atoms with Crippen molar-refractivity contribution in [1.29, 1.82) is 0 Å². The Labute approximate surface area is 168 Å². The van der Waals surface area contributed by atoms with E-state index in [9.17, 15) is 8.42 Å². The van der Waals surface area contributed by atoms with Crippen LogP contribution in [0.25, 0.3) is 31.2 Å². The van der Waals surface area contributed by atoms with E-state index in [0.29, 0.717) is 21.2 Å².